The summed E-state index contributed by atoms with van der Waals surface area (Å²) in [7, 11) is 0. The number of pyridine rings is 1. The number of benzene rings is 2. The van der Waals surface area contributed by atoms with Crippen LogP contribution in [-0.4, -0.2) is 40.6 Å². The van der Waals surface area contributed by atoms with Gasteiger partial charge in [-0.05, 0) is 85.7 Å². The molecule has 1 aliphatic rings. The summed E-state index contributed by atoms with van der Waals surface area (Å²) >= 11 is 0. The van der Waals surface area contributed by atoms with Gasteiger partial charge in [-0.2, -0.15) is 13.9 Å². The predicted octanol–water partition coefficient (Wildman–Crippen LogP) is 6.31. The molecule has 0 saturated heterocycles. The number of carbonyl (C=O) groups is 1. The van der Waals surface area contributed by atoms with Crippen LogP contribution in [0.15, 0.2) is 79.3 Å². The highest BCUT2D eigenvalue weighted by atomic mass is 19.3. The lowest BCUT2D eigenvalue weighted by Gasteiger charge is -2.21. The first-order valence-corrected chi connectivity index (χ1v) is 13.3. The van der Waals surface area contributed by atoms with Crippen LogP contribution in [0.3, 0.4) is 0 Å². The van der Waals surface area contributed by atoms with Crippen LogP contribution in [-0.2, 0) is 6.42 Å². The summed E-state index contributed by atoms with van der Waals surface area (Å²) in [5, 5.41) is 10.4. The molecule has 2 aromatic carbocycles. The average molecular weight is 548 g/mol. The Morgan fingerprint density at radius 3 is 2.65 bits per heavy atom. The highest BCUT2D eigenvalue weighted by molar-refractivity contribution is 5.89. The zero-order valence-corrected chi connectivity index (χ0v) is 22.1. The van der Waals surface area contributed by atoms with Crippen LogP contribution in [0, 0.1) is 5.92 Å². The lowest BCUT2D eigenvalue weighted by molar-refractivity contribution is -0.0515. The van der Waals surface area contributed by atoms with E-state index in [1.165, 1.54) is 6.07 Å². The predicted molar refractivity (Wildman–Crippen MR) is 148 cm³/mol. The second-order valence-corrected chi connectivity index (χ2v) is 9.66. The number of rotatable bonds is 12. The number of hydrogen-bond acceptors (Lipinski definition) is 5. The van der Waals surface area contributed by atoms with Crippen molar-refractivity contribution in [3.05, 3.63) is 90.4 Å². The van der Waals surface area contributed by atoms with Crippen LogP contribution in [0.1, 0.15) is 36.9 Å². The minimum Gasteiger partial charge on any atom is -0.489 e. The van der Waals surface area contributed by atoms with E-state index < -0.39 is 6.61 Å². The monoisotopic (exact) mass is 547 g/mol. The summed E-state index contributed by atoms with van der Waals surface area (Å²) in [6, 6.07) is 17.8. The van der Waals surface area contributed by atoms with Gasteiger partial charge in [0.05, 0.1) is 18.3 Å². The lowest BCUT2D eigenvalue weighted by atomic mass is 9.99. The second kappa shape index (κ2) is 12.6. The standard InChI is InChI=1S/C30H31F2N5O3/c1-2-34-30(38)35-24-5-3-4-22(17-24)25-12-15-37(36-25)26(16-20-10-13-33-14-11-20)23-8-9-27(40-29(31)32)28(18-23)39-19-21-6-7-21/h3-5,8-15,17-18,21,26,29H,2,6-7,16,19H2,1H3,(H2,34,35,38). The Kier molecular flexibility index (Phi) is 8.53. The van der Waals surface area contributed by atoms with Crippen molar-refractivity contribution < 1.29 is 23.0 Å². The summed E-state index contributed by atoms with van der Waals surface area (Å²) in [5.74, 6) is 0.753. The molecule has 2 aromatic heterocycles. The van der Waals surface area contributed by atoms with Gasteiger partial charge in [0.1, 0.15) is 0 Å². The molecule has 0 spiro atoms. The van der Waals surface area contributed by atoms with Crippen LogP contribution >= 0.6 is 0 Å². The van der Waals surface area contributed by atoms with Gasteiger partial charge in [0.25, 0.3) is 0 Å². The van der Waals surface area contributed by atoms with Crippen molar-refractivity contribution in [3.8, 4) is 22.8 Å². The van der Waals surface area contributed by atoms with Crippen LogP contribution < -0.4 is 20.1 Å². The van der Waals surface area contributed by atoms with E-state index in [2.05, 4.69) is 15.6 Å². The average Bonchev–Trinajstić information content (AvgIpc) is 3.65. The number of ether oxygens (including phenoxy) is 2. The number of nitrogens with zero attached hydrogens (tertiary/aromatic N) is 3. The molecule has 208 valence electrons. The van der Waals surface area contributed by atoms with Crippen molar-refractivity contribution in [3.63, 3.8) is 0 Å². The van der Waals surface area contributed by atoms with Crippen LogP contribution in [0.25, 0.3) is 11.3 Å². The first-order valence-electron chi connectivity index (χ1n) is 13.3. The fraction of sp³-hybridized carbons (Fsp3) is 0.300. The fourth-order valence-electron chi connectivity index (χ4n) is 4.39. The van der Waals surface area contributed by atoms with Gasteiger partial charge in [-0.15, -0.1) is 0 Å². The number of nitrogens with one attached hydrogen (secondary N) is 2. The van der Waals surface area contributed by atoms with Gasteiger partial charge in [0, 0.05) is 36.4 Å². The van der Waals surface area contributed by atoms with Gasteiger partial charge in [-0.3, -0.25) is 9.67 Å². The number of aromatic nitrogens is 3. The third kappa shape index (κ3) is 7.13. The Hall–Kier alpha value is -4.47. The van der Waals surface area contributed by atoms with E-state index in [1.54, 1.807) is 24.5 Å². The van der Waals surface area contributed by atoms with Crippen molar-refractivity contribution in [1.82, 2.24) is 20.1 Å². The zero-order chi connectivity index (χ0) is 27.9. The van der Waals surface area contributed by atoms with Gasteiger partial charge >= 0.3 is 12.6 Å². The molecule has 1 aliphatic carbocycles. The quantitative estimate of drug-likeness (QED) is 0.217. The first-order chi connectivity index (χ1) is 19.5. The SMILES string of the molecule is CCNC(=O)Nc1cccc(-c2ccn(C(Cc3ccncc3)c3ccc(OC(F)F)c(OCC4CC4)c3)n2)c1. The molecule has 0 aliphatic heterocycles. The molecule has 1 saturated carbocycles. The summed E-state index contributed by atoms with van der Waals surface area (Å²) in [6.45, 7) is -0.108. The molecule has 2 N–H and O–H groups in total. The Morgan fingerprint density at radius 2 is 1.90 bits per heavy atom. The molecule has 2 heterocycles. The number of amides is 2. The summed E-state index contributed by atoms with van der Waals surface area (Å²) in [4.78, 5) is 16.1. The van der Waals surface area contributed by atoms with E-state index in [0.29, 0.717) is 36.9 Å². The molecule has 2 amide bonds. The van der Waals surface area contributed by atoms with Crippen molar-refractivity contribution in [2.45, 2.75) is 38.8 Å². The maximum Gasteiger partial charge on any atom is 0.387 e. The van der Waals surface area contributed by atoms with Crippen LogP contribution in [0.5, 0.6) is 11.5 Å². The molecule has 1 fully saturated rings. The van der Waals surface area contributed by atoms with Gasteiger partial charge in [0.15, 0.2) is 11.5 Å². The van der Waals surface area contributed by atoms with Gasteiger partial charge < -0.3 is 20.1 Å². The molecule has 0 radical (unpaired) electrons. The number of halogens is 2. The minimum atomic E-state index is -2.95. The third-order valence-electron chi connectivity index (χ3n) is 6.60. The van der Waals surface area contributed by atoms with Crippen LogP contribution in [0.2, 0.25) is 0 Å². The smallest absolute Gasteiger partial charge is 0.387 e. The highest BCUT2D eigenvalue weighted by Crippen LogP contribution is 2.37. The molecule has 5 rings (SSSR count). The summed E-state index contributed by atoms with van der Waals surface area (Å²) in [5.41, 5.74) is 4.09. The molecule has 1 atom stereocenters. The molecule has 4 aromatic rings. The molecular weight excluding hydrogens is 516 g/mol. The summed E-state index contributed by atoms with van der Waals surface area (Å²) in [6.07, 6.45) is 8.09. The minimum absolute atomic E-state index is 0.0136. The normalized spacial score (nSPS) is 13.6. The molecule has 8 nitrogen and oxygen atoms in total. The highest BCUT2D eigenvalue weighted by Gasteiger charge is 2.24. The second-order valence-electron chi connectivity index (χ2n) is 9.66. The molecular formula is C30H31F2N5O3. The largest absolute Gasteiger partial charge is 0.489 e. The zero-order valence-electron chi connectivity index (χ0n) is 22.1. The van der Waals surface area contributed by atoms with Crippen molar-refractivity contribution >= 4 is 11.7 Å². The molecule has 10 heteroatoms. The number of carbonyl (C=O) groups excluding carboxylic acids is 1. The van der Waals surface area contributed by atoms with E-state index >= 15 is 0 Å². The number of hydrogen-bond donors (Lipinski definition) is 2. The van der Waals surface area contributed by atoms with E-state index in [-0.39, 0.29) is 17.8 Å². The van der Waals surface area contributed by atoms with E-state index in [1.807, 2.05) is 60.3 Å². The summed E-state index contributed by atoms with van der Waals surface area (Å²) < 4.78 is 38.7. The van der Waals surface area contributed by atoms with Crippen molar-refractivity contribution in [2.24, 2.45) is 5.92 Å². The number of urea groups is 1. The molecule has 40 heavy (non-hydrogen) atoms. The number of anilines is 1. The Bertz CT molecular complexity index is 1430. The van der Waals surface area contributed by atoms with Gasteiger partial charge in [-0.1, -0.05) is 18.2 Å². The fourth-order valence-corrected chi connectivity index (χ4v) is 4.39. The molecule has 0 bridgehead atoms. The van der Waals surface area contributed by atoms with E-state index in [9.17, 15) is 13.6 Å². The van der Waals surface area contributed by atoms with Gasteiger partial charge in [0.2, 0.25) is 0 Å². The maximum atomic E-state index is 13.1. The first kappa shape index (κ1) is 27.1. The van der Waals surface area contributed by atoms with Gasteiger partial charge in [-0.25, -0.2) is 4.79 Å². The number of alkyl halides is 2. The van der Waals surface area contributed by atoms with E-state index in [0.717, 1.165) is 35.2 Å². The maximum absolute atomic E-state index is 13.1. The molecule has 1 unspecified atom stereocenters. The topological polar surface area (TPSA) is 90.3 Å². The van der Waals surface area contributed by atoms with Crippen LogP contribution in [0.4, 0.5) is 19.3 Å². The third-order valence-corrected chi connectivity index (χ3v) is 6.60. The lowest BCUT2D eigenvalue weighted by Crippen LogP contribution is -2.28. The van der Waals surface area contributed by atoms with Crippen molar-refractivity contribution in [2.75, 3.05) is 18.5 Å². The Morgan fingerprint density at radius 1 is 1.07 bits per heavy atom. The Balaban J connectivity index is 1.46. The van der Waals surface area contributed by atoms with E-state index in [4.69, 9.17) is 14.6 Å². The van der Waals surface area contributed by atoms with Crippen molar-refractivity contribution in [1.29, 1.82) is 0 Å². The Labute approximate surface area is 231 Å².